The second-order valence-corrected chi connectivity index (χ2v) is 9.03. The van der Waals surface area contributed by atoms with Gasteiger partial charge in [-0.1, -0.05) is 91.0 Å². The van der Waals surface area contributed by atoms with Crippen molar-refractivity contribution in [3.63, 3.8) is 0 Å². The van der Waals surface area contributed by atoms with Crippen LogP contribution in [0.15, 0.2) is 102 Å². The van der Waals surface area contributed by atoms with Crippen LogP contribution in [-0.2, 0) is 15.1 Å². The molecule has 0 spiro atoms. The van der Waals surface area contributed by atoms with E-state index in [1.165, 1.54) is 0 Å². The lowest BCUT2D eigenvalue weighted by Gasteiger charge is -2.37. The van der Waals surface area contributed by atoms with Crippen LogP contribution in [0, 0.1) is 6.92 Å². The van der Waals surface area contributed by atoms with E-state index in [1.54, 1.807) is 13.1 Å². The van der Waals surface area contributed by atoms with Crippen molar-refractivity contribution in [2.45, 2.75) is 37.4 Å². The molecule has 2 aliphatic rings. The van der Waals surface area contributed by atoms with E-state index in [9.17, 15) is 4.79 Å². The van der Waals surface area contributed by atoms with Crippen LogP contribution in [0.3, 0.4) is 0 Å². The number of rotatable bonds is 6. The Balaban J connectivity index is 1.37. The molecule has 1 fully saturated rings. The Morgan fingerprint density at radius 3 is 2.00 bits per heavy atom. The quantitative estimate of drug-likeness (QED) is 0.389. The molecule has 6 nitrogen and oxygen atoms in total. The molecule has 0 aliphatic carbocycles. The van der Waals surface area contributed by atoms with Crippen molar-refractivity contribution in [2.75, 3.05) is 6.61 Å². The van der Waals surface area contributed by atoms with Crippen LogP contribution >= 0.6 is 0 Å². The van der Waals surface area contributed by atoms with Crippen molar-refractivity contribution < 1.29 is 14.2 Å². The molecule has 6 rings (SSSR count). The van der Waals surface area contributed by atoms with Gasteiger partial charge in [-0.2, -0.15) is 4.98 Å². The molecule has 6 heteroatoms. The lowest BCUT2D eigenvalue weighted by molar-refractivity contribution is -0.0816. The Kier molecular flexibility index (Phi) is 5.47. The first-order valence-corrected chi connectivity index (χ1v) is 11.9. The first-order chi connectivity index (χ1) is 17.1. The molecule has 0 saturated carbocycles. The minimum atomic E-state index is -0.832. The Labute approximate surface area is 203 Å². The van der Waals surface area contributed by atoms with Gasteiger partial charge < -0.3 is 14.2 Å². The molecule has 1 aromatic heterocycles. The molecule has 0 radical (unpaired) electrons. The van der Waals surface area contributed by atoms with E-state index in [0.717, 1.165) is 16.7 Å². The van der Waals surface area contributed by atoms with E-state index in [2.05, 4.69) is 41.4 Å². The van der Waals surface area contributed by atoms with E-state index in [0.29, 0.717) is 24.6 Å². The average Bonchev–Trinajstić information content (AvgIpc) is 3.24. The Hall–Kier alpha value is -3.74. The second-order valence-electron chi connectivity index (χ2n) is 9.03. The van der Waals surface area contributed by atoms with Crippen LogP contribution in [0.1, 0.15) is 34.9 Å². The summed E-state index contributed by atoms with van der Waals surface area (Å²) in [4.78, 5) is 16.2. The number of aryl methyl sites for hydroxylation is 1. The van der Waals surface area contributed by atoms with E-state index in [4.69, 9.17) is 14.2 Å². The smallest absolute Gasteiger partial charge is 0.302 e. The summed E-state index contributed by atoms with van der Waals surface area (Å²) in [5.74, 6) is 0. The number of hydrogen-bond donors (Lipinski definition) is 0. The summed E-state index contributed by atoms with van der Waals surface area (Å²) < 4.78 is 21.2. The van der Waals surface area contributed by atoms with Crippen molar-refractivity contribution in [3.05, 3.63) is 130 Å². The standard InChI is InChI=1S/C29H26N2O4/c1-20-18-31-26-17-24(35-28(31)30-27(20)32)25(34-26)19-33-29(21-11-5-2-6-12-21,22-13-7-3-8-14-22)23-15-9-4-10-16-23/h2-16,18,24-26H,17,19H2,1H3/t24-,25-,26-/m0/s1. The molecule has 176 valence electrons. The zero-order valence-electron chi connectivity index (χ0n) is 19.4. The summed E-state index contributed by atoms with van der Waals surface area (Å²) in [6.45, 7) is 2.05. The highest BCUT2D eigenvalue weighted by molar-refractivity contribution is 5.47. The molecule has 0 unspecified atom stereocenters. The maximum atomic E-state index is 12.1. The van der Waals surface area contributed by atoms with Gasteiger partial charge in [0.15, 0.2) is 0 Å². The van der Waals surface area contributed by atoms with Gasteiger partial charge in [0.25, 0.3) is 5.56 Å². The van der Waals surface area contributed by atoms with Gasteiger partial charge in [-0.15, -0.1) is 0 Å². The van der Waals surface area contributed by atoms with Crippen LogP contribution in [0.4, 0.5) is 0 Å². The van der Waals surface area contributed by atoms with E-state index >= 15 is 0 Å². The fraction of sp³-hybridized carbons (Fsp3) is 0.241. The van der Waals surface area contributed by atoms with Crippen molar-refractivity contribution >= 4 is 0 Å². The van der Waals surface area contributed by atoms with Gasteiger partial charge in [0.05, 0.1) is 6.61 Å². The summed E-state index contributed by atoms with van der Waals surface area (Å²) >= 11 is 0. The lowest BCUT2D eigenvalue weighted by Crippen LogP contribution is -2.39. The van der Waals surface area contributed by atoms with Crippen LogP contribution in [0.25, 0.3) is 0 Å². The molecule has 3 heterocycles. The third kappa shape index (κ3) is 3.75. The molecule has 3 atom stereocenters. The van der Waals surface area contributed by atoms with Gasteiger partial charge in [0.2, 0.25) is 0 Å². The predicted molar refractivity (Wildman–Crippen MR) is 131 cm³/mol. The largest absolute Gasteiger partial charge is 0.458 e. The molecule has 4 aromatic rings. The van der Waals surface area contributed by atoms with Gasteiger partial charge >= 0.3 is 6.01 Å². The van der Waals surface area contributed by atoms with Crippen molar-refractivity contribution in [1.82, 2.24) is 9.55 Å². The molecular weight excluding hydrogens is 440 g/mol. The molecule has 0 N–H and O–H groups in total. The predicted octanol–water partition coefficient (Wildman–Crippen LogP) is 4.61. The Bertz CT molecular complexity index is 1280. The Morgan fingerprint density at radius 2 is 1.46 bits per heavy atom. The van der Waals surface area contributed by atoms with Crippen LogP contribution in [-0.4, -0.2) is 28.4 Å². The summed E-state index contributed by atoms with van der Waals surface area (Å²) in [6, 6.07) is 31.1. The Morgan fingerprint density at radius 1 is 0.914 bits per heavy atom. The first-order valence-electron chi connectivity index (χ1n) is 11.9. The van der Waals surface area contributed by atoms with Crippen molar-refractivity contribution in [3.8, 4) is 6.01 Å². The van der Waals surface area contributed by atoms with E-state index in [1.807, 2.05) is 59.2 Å². The summed E-state index contributed by atoms with van der Waals surface area (Å²) in [5, 5.41) is 0. The number of ether oxygens (including phenoxy) is 3. The minimum absolute atomic E-state index is 0.233. The topological polar surface area (TPSA) is 62.6 Å². The van der Waals surface area contributed by atoms with E-state index in [-0.39, 0.29) is 24.0 Å². The molecule has 2 bridgehead atoms. The minimum Gasteiger partial charge on any atom is -0.458 e. The summed E-state index contributed by atoms with van der Waals surface area (Å²) in [7, 11) is 0. The second kappa shape index (κ2) is 8.80. The average molecular weight is 467 g/mol. The fourth-order valence-electron chi connectivity index (χ4n) is 5.10. The molecule has 35 heavy (non-hydrogen) atoms. The van der Waals surface area contributed by atoms with Crippen LogP contribution in [0.2, 0.25) is 0 Å². The molecule has 3 aromatic carbocycles. The summed E-state index contributed by atoms with van der Waals surface area (Å²) in [6.07, 6.45) is 1.66. The number of aromatic nitrogens is 2. The molecule has 2 aliphatic heterocycles. The SMILES string of the molecule is Cc1cn2c(nc1=O)O[C@H]1C[C@@H]2O[C@H]1COC(c1ccccc1)(c1ccccc1)c1ccccc1. The van der Waals surface area contributed by atoms with Crippen molar-refractivity contribution in [1.29, 1.82) is 0 Å². The zero-order chi connectivity index (χ0) is 23.8. The third-order valence-electron chi connectivity index (χ3n) is 6.84. The fourth-order valence-corrected chi connectivity index (χ4v) is 5.10. The van der Waals surface area contributed by atoms with Gasteiger partial charge in [-0.25, -0.2) is 0 Å². The third-order valence-corrected chi connectivity index (χ3v) is 6.84. The zero-order valence-corrected chi connectivity index (χ0v) is 19.4. The number of hydrogen-bond acceptors (Lipinski definition) is 5. The maximum Gasteiger partial charge on any atom is 0.302 e. The normalized spacial score (nSPS) is 20.8. The molecular formula is C29H26N2O4. The number of benzene rings is 3. The highest BCUT2D eigenvalue weighted by Gasteiger charge is 2.46. The molecule has 1 saturated heterocycles. The van der Waals surface area contributed by atoms with Crippen molar-refractivity contribution in [2.24, 2.45) is 0 Å². The number of nitrogens with zero attached hydrogens (tertiary/aromatic N) is 2. The molecule has 0 amide bonds. The first kappa shape index (κ1) is 21.8. The number of fused-ring (bicyclic) bond motifs is 4. The highest BCUT2D eigenvalue weighted by atomic mass is 16.6. The van der Waals surface area contributed by atoms with Gasteiger partial charge in [0.1, 0.15) is 24.0 Å². The summed E-state index contributed by atoms with van der Waals surface area (Å²) in [5.41, 5.74) is 2.55. The monoisotopic (exact) mass is 466 g/mol. The lowest BCUT2D eigenvalue weighted by atomic mass is 9.80. The highest BCUT2D eigenvalue weighted by Crippen LogP contribution is 2.43. The van der Waals surface area contributed by atoms with Gasteiger partial charge in [-0.3, -0.25) is 9.36 Å². The van der Waals surface area contributed by atoms with Gasteiger partial charge in [0, 0.05) is 18.2 Å². The maximum absolute atomic E-state index is 12.1. The van der Waals surface area contributed by atoms with Gasteiger partial charge in [-0.05, 0) is 23.6 Å². The van der Waals surface area contributed by atoms with Crippen LogP contribution < -0.4 is 10.3 Å². The van der Waals surface area contributed by atoms with E-state index < -0.39 is 5.60 Å². The van der Waals surface area contributed by atoms with Crippen LogP contribution in [0.5, 0.6) is 6.01 Å².